The van der Waals surface area contributed by atoms with Crippen molar-refractivity contribution in [2.75, 3.05) is 18.4 Å². The molecule has 1 saturated heterocycles. The second-order valence-corrected chi connectivity index (χ2v) is 10.8. The number of thiazole rings is 1. The molecule has 5 rings (SSSR count). The van der Waals surface area contributed by atoms with Gasteiger partial charge in [0.05, 0.1) is 33.4 Å². The van der Waals surface area contributed by atoms with Crippen LogP contribution in [0.4, 0.5) is 5.13 Å². The van der Waals surface area contributed by atoms with Crippen LogP contribution < -0.4 is 10.7 Å². The van der Waals surface area contributed by atoms with Crippen LogP contribution in [0.5, 0.6) is 0 Å². The molecule has 170 valence electrons. The van der Waals surface area contributed by atoms with Crippen LogP contribution in [0.2, 0.25) is 0 Å². The zero-order valence-electron chi connectivity index (χ0n) is 17.6. The maximum atomic E-state index is 12.8. The van der Waals surface area contributed by atoms with E-state index in [1.165, 1.54) is 21.8 Å². The molecule has 0 atom stereocenters. The van der Waals surface area contributed by atoms with Gasteiger partial charge in [0, 0.05) is 24.9 Å². The number of aromatic nitrogens is 3. The number of benzene rings is 2. The molecule has 0 saturated carbocycles. The molecule has 0 aliphatic carbocycles. The van der Waals surface area contributed by atoms with Crippen molar-refractivity contribution in [3.63, 3.8) is 0 Å². The molecule has 4 aromatic rings. The molecular weight excluding hydrogens is 462 g/mol. The highest BCUT2D eigenvalue weighted by molar-refractivity contribution is 7.89. The lowest BCUT2D eigenvalue weighted by atomic mass is 10.2. The number of hydrogen-bond acceptors (Lipinski definition) is 7. The molecule has 2 aromatic heterocycles. The lowest BCUT2D eigenvalue weighted by Crippen LogP contribution is -2.27. The number of carbonyl (C=O) groups excluding carboxylic acids is 1. The van der Waals surface area contributed by atoms with Crippen LogP contribution in [0.3, 0.4) is 0 Å². The predicted octanol–water partition coefficient (Wildman–Crippen LogP) is 2.82. The molecule has 11 heteroatoms. The standard InChI is InChI=1S/C22H21N5O4S2/c28-19-14-23-27(18-6-2-1-5-16(18)19)12-9-21(29)25-22-24-17-8-7-15(13-20(17)32-22)33(30,31)26-10-3-4-11-26/h1-2,5-8,13-14H,3-4,9-12H2,(H,24,25,29). The largest absolute Gasteiger partial charge is 0.302 e. The second kappa shape index (κ2) is 8.65. The highest BCUT2D eigenvalue weighted by Gasteiger charge is 2.27. The van der Waals surface area contributed by atoms with Gasteiger partial charge in [0.15, 0.2) is 5.13 Å². The molecule has 1 amide bonds. The van der Waals surface area contributed by atoms with Crippen molar-refractivity contribution in [3.8, 4) is 0 Å². The number of fused-ring (bicyclic) bond motifs is 2. The van der Waals surface area contributed by atoms with Crippen molar-refractivity contribution in [2.45, 2.75) is 30.7 Å². The van der Waals surface area contributed by atoms with Crippen LogP contribution in [-0.2, 0) is 21.4 Å². The van der Waals surface area contributed by atoms with E-state index in [0.717, 1.165) is 12.8 Å². The van der Waals surface area contributed by atoms with E-state index in [1.807, 2.05) is 6.07 Å². The first kappa shape index (κ1) is 21.7. The Kier molecular flexibility index (Phi) is 5.69. The number of sulfonamides is 1. The van der Waals surface area contributed by atoms with E-state index in [9.17, 15) is 18.0 Å². The van der Waals surface area contributed by atoms with E-state index in [1.54, 1.807) is 41.1 Å². The van der Waals surface area contributed by atoms with Gasteiger partial charge in [0.1, 0.15) is 0 Å². The summed E-state index contributed by atoms with van der Waals surface area (Å²) in [6, 6.07) is 12.0. The first-order valence-corrected chi connectivity index (χ1v) is 12.8. The lowest BCUT2D eigenvalue weighted by Gasteiger charge is -2.15. The summed E-state index contributed by atoms with van der Waals surface area (Å²) in [6.07, 6.45) is 3.15. The maximum Gasteiger partial charge on any atom is 0.243 e. The average Bonchev–Trinajstić information content (AvgIpc) is 3.48. The summed E-state index contributed by atoms with van der Waals surface area (Å²) in [7, 11) is -3.51. The van der Waals surface area contributed by atoms with Gasteiger partial charge in [0.2, 0.25) is 21.4 Å². The monoisotopic (exact) mass is 483 g/mol. The number of amides is 1. The summed E-state index contributed by atoms with van der Waals surface area (Å²) < 4.78 is 29.4. The summed E-state index contributed by atoms with van der Waals surface area (Å²) in [6.45, 7) is 1.39. The normalized spacial score (nSPS) is 14.8. The molecule has 1 aliphatic heterocycles. The van der Waals surface area contributed by atoms with E-state index < -0.39 is 10.0 Å². The van der Waals surface area contributed by atoms with Crippen molar-refractivity contribution >= 4 is 53.5 Å². The van der Waals surface area contributed by atoms with Gasteiger partial charge in [-0.15, -0.1) is 0 Å². The Morgan fingerprint density at radius 2 is 1.91 bits per heavy atom. The zero-order chi connectivity index (χ0) is 23.0. The van der Waals surface area contributed by atoms with Crippen LogP contribution in [0.15, 0.2) is 58.4 Å². The van der Waals surface area contributed by atoms with E-state index in [-0.39, 0.29) is 22.7 Å². The predicted molar refractivity (Wildman–Crippen MR) is 127 cm³/mol. The molecule has 3 heterocycles. The Bertz CT molecular complexity index is 1520. The number of carbonyl (C=O) groups is 1. The number of hydrogen-bond donors (Lipinski definition) is 1. The molecule has 0 unspecified atom stereocenters. The van der Waals surface area contributed by atoms with Crippen LogP contribution in [0.25, 0.3) is 21.1 Å². The zero-order valence-corrected chi connectivity index (χ0v) is 19.2. The van der Waals surface area contributed by atoms with Crippen molar-refractivity contribution < 1.29 is 13.2 Å². The van der Waals surface area contributed by atoms with Gasteiger partial charge in [-0.05, 0) is 43.2 Å². The highest BCUT2D eigenvalue weighted by Crippen LogP contribution is 2.30. The Hall–Kier alpha value is -3.15. The van der Waals surface area contributed by atoms with E-state index in [2.05, 4.69) is 15.4 Å². The fraction of sp³-hybridized carbons (Fsp3) is 0.273. The van der Waals surface area contributed by atoms with Crippen molar-refractivity contribution in [1.29, 1.82) is 0 Å². The fourth-order valence-electron chi connectivity index (χ4n) is 3.92. The molecule has 2 aromatic carbocycles. The Morgan fingerprint density at radius 3 is 2.73 bits per heavy atom. The molecule has 1 aliphatic rings. The van der Waals surface area contributed by atoms with E-state index >= 15 is 0 Å². The number of nitrogens with one attached hydrogen (secondary N) is 1. The maximum absolute atomic E-state index is 12.8. The van der Waals surface area contributed by atoms with Gasteiger partial charge in [-0.1, -0.05) is 23.5 Å². The second-order valence-electron chi connectivity index (χ2n) is 7.81. The Balaban J connectivity index is 1.30. The van der Waals surface area contributed by atoms with Gasteiger partial charge >= 0.3 is 0 Å². The Labute approximate surface area is 193 Å². The first-order chi connectivity index (χ1) is 15.9. The number of rotatable bonds is 6. The quantitative estimate of drug-likeness (QED) is 0.451. The summed E-state index contributed by atoms with van der Waals surface area (Å²) in [4.78, 5) is 29.1. The van der Waals surface area contributed by atoms with Crippen LogP contribution in [0, 0.1) is 0 Å². The van der Waals surface area contributed by atoms with Crippen LogP contribution in [-0.4, -0.2) is 46.5 Å². The third-order valence-electron chi connectivity index (χ3n) is 5.62. The summed E-state index contributed by atoms with van der Waals surface area (Å²) in [5.41, 5.74) is 1.14. The molecule has 9 nitrogen and oxygen atoms in total. The third-order valence-corrected chi connectivity index (χ3v) is 8.45. The molecular formula is C22H21N5O4S2. The molecule has 1 fully saturated rings. The first-order valence-electron chi connectivity index (χ1n) is 10.6. The summed E-state index contributed by atoms with van der Waals surface area (Å²) in [5.74, 6) is -0.247. The molecule has 0 radical (unpaired) electrons. The van der Waals surface area contributed by atoms with Crippen LogP contribution >= 0.6 is 11.3 Å². The minimum absolute atomic E-state index is 0.143. The molecule has 0 bridgehead atoms. The minimum Gasteiger partial charge on any atom is -0.302 e. The van der Waals surface area contributed by atoms with Gasteiger partial charge in [-0.3, -0.25) is 14.3 Å². The average molecular weight is 484 g/mol. The molecule has 0 spiro atoms. The summed E-state index contributed by atoms with van der Waals surface area (Å²) >= 11 is 1.23. The van der Waals surface area contributed by atoms with Gasteiger partial charge < -0.3 is 5.32 Å². The molecule has 33 heavy (non-hydrogen) atoms. The summed E-state index contributed by atoms with van der Waals surface area (Å²) in [5, 5.41) is 7.88. The minimum atomic E-state index is -3.51. The van der Waals surface area contributed by atoms with Gasteiger partial charge in [-0.2, -0.15) is 9.40 Å². The third kappa shape index (κ3) is 4.26. The SMILES string of the molecule is O=C(CCn1ncc(=O)c2ccccc21)Nc1nc2ccc(S(=O)(=O)N3CCCC3)cc2s1. The number of para-hydroxylation sites is 1. The lowest BCUT2D eigenvalue weighted by molar-refractivity contribution is -0.116. The van der Waals surface area contributed by atoms with E-state index in [0.29, 0.717) is 45.9 Å². The van der Waals surface area contributed by atoms with Gasteiger partial charge in [-0.25, -0.2) is 13.4 Å². The number of nitrogens with zero attached hydrogens (tertiary/aromatic N) is 4. The smallest absolute Gasteiger partial charge is 0.243 e. The van der Waals surface area contributed by atoms with Crippen molar-refractivity contribution in [1.82, 2.24) is 19.1 Å². The van der Waals surface area contributed by atoms with Crippen LogP contribution in [0.1, 0.15) is 19.3 Å². The Morgan fingerprint density at radius 1 is 1.12 bits per heavy atom. The highest BCUT2D eigenvalue weighted by atomic mass is 32.2. The number of anilines is 1. The van der Waals surface area contributed by atoms with Gasteiger partial charge in [0.25, 0.3) is 0 Å². The topological polar surface area (TPSA) is 114 Å². The van der Waals surface area contributed by atoms with E-state index in [4.69, 9.17) is 0 Å². The fourth-order valence-corrected chi connectivity index (χ4v) is 6.46. The van der Waals surface area contributed by atoms with Crippen molar-refractivity contribution in [2.24, 2.45) is 0 Å². The van der Waals surface area contributed by atoms with Crippen molar-refractivity contribution in [3.05, 3.63) is 58.9 Å². The number of aryl methyl sites for hydroxylation is 1. The molecule has 1 N–H and O–H groups in total.